The van der Waals surface area contributed by atoms with E-state index in [2.05, 4.69) is 36.2 Å². The predicted molar refractivity (Wildman–Crippen MR) is 130 cm³/mol. The van der Waals surface area contributed by atoms with Crippen LogP contribution in [0.25, 0.3) is 0 Å². The third kappa shape index (κ3) is 6.64. The van der Waals surface area contributed by atoms with Gasteiger partial charge in [0.15, 0.2) is 0 Å². The van der Waals surface area contributed by atoms with Crippen LogP contribution in [0.5, 0.6) is 0 Å². The van der Waals surface area contributed by atoms with E-state index in [1.165, 1.54) is 9.87 Å². The molecule has 6 nitrogen and oxygen atoms in total. The minimum atomic E-state index is -3.38. The second kappa shape index (κ2) is 11.1. The highest BCUT2D eigenvalue weighted by molar-refractivity contribution is 7.88. The number of carbonyl (C=O) groups is 1. The van der Waals surface area contributed by atoms with Gasteiger partial charge in [-0.05, 0) is 56.1 Å². The van der Waals surface area contributed by atoms with E-state index < -0.39 is 10.0 Å². The van der Waals surface area contributed by atoms with Crippen LogP contribution in [0.3, 0.4) is 0 Å². The monoisotopic (exact) mass is 457 g/mol. The largest absolute Gasteiger partial charge is 0.326 e. The van der Waals surface area contributed by atoms with Crippen molar-refractivity contribution in [1.29, 1.82) is 0 Å². The summed E-state index contributed by atoms with van der Waals surface area (Å²) < 4.78 is 27.1. The lowest BCUT2D eigenvalue weighted by Crippen LogP contribution is -2.41. The Morgan fingerprint density at radius 3 is 2.28 bits per heavy atom. The third-order valence-electron chi connectivity index (χ3n) is 6.17. The number of nitrogens with zero attached hydrogens (tertiary/aromatic N) is 2. The first-order valence-electron chi connectivity index (χ1n) is 11.5. The van der Waals surface area contributed by atoms with Gasteiger partial charge in [-0.2, -0.15) is 0 Å². The molecule has 0 bridgehead atoms. The van der Waals surface area contributed by atoms with Crippen LogP contribution in [0, 0.1) is 12.8 Å². The molecule has 0 aromatic heterocycles. The fourth-order valence-electron chi connectivity index (χ4n) is 4.14. The Morgan fingerprint density at radius 1 is 1.03 bits per heavy atom. The molecule has 0 saturated carbocycles. The zero-order valence-corrected chi connectivity index (χ0v) is 20.2. The van der Waals surface area contributed by atoms with Gasteiger partial charge in [0.05, 0.1) is 5.75 Å². The number of aryl methyl sites for hydroxylation is 1. The smallest absolute Gasteiger partial charge is 0.227 e. The molecule has 2 aromatic rings. The number of hydrogen-bond acceptors (Lipinski definition) is 4. The molecule has 0 atom stereocenters. The van der Waals surface area contributed by atoms with Gasteiger partial charge in [0.25, 0.3) is 0 Å². The first-order valence-corrected chi connectivity index (χ1v) is 13.1. The summed E-state index contributed by atoms with van der Waals surface area (Å²) in [6, 6.07) is 15.6. The van der Waals surface area contributed by atoms with Gasteiger partial charge in [0.2, 0.25) is 15.9 Å². The summed E-state index contributed by atoms with van der Waals surface area (Å²) in [4.78, 5) is 15.1. The van der Waals surface area contributed by atoms with Crippen LogP contribution < -0.4 is 5.32 Å². The van der Waals surface area contributed by atoms with E-state index in [-0.39, 0.29) is 17.6 Å². The molecule has 0 unspecified atom stereocenters. The quantitative estimate of drug-likeness (QED) is 0.618. The molecule has 1 fully saturated rings. The first-order chi connectivity index (χ1) is 15.3. The highest BCUT2D eigenvalue weighted by Gasteiger charge is 2.31. The Kier molecular flexibility index (Phi) is 8.45. The van der Waals surface area contributed by atoms with Crippen LogP contribution in [0.15, 0.2) is 48.5 Å². The van der Waals surface area contributed by atoms with E-state index in [1.54, 1.807) is 0 Å². The fourth-order valence-corrected chi connectivity index (χ4v) is 5.69. The summed E-state index contributed by atoms with van der Waals surface area (Å²) in [6.45, 7) is 9.94. The van der Waals surface area contributed by atoms with Crippen LogP contribution in [-0.2, 0) is 27.1 Å². The van der Waals surface area contributed by atoms with Gasteiger partial charge in [-0.1, -0.05) is 55.8 Å². The van der Waals surface area contributed by atoms with Gasteiger partial charge in [0, 0.05) is 31.2 Å². The minimum Gasteiger partial charge on any atom is -0.326 e. The summed E-state index contributed by atoms with van der Waals surface area (Å²) in [7, 11) is -3.38. The molecule has 7 heteroatoms. The Bertz CT molecular complexity index is 993. The highest BCUT2D eigenvalue weighted by atomic mass is 32.2. The van der Waals surface area contributed by atoms with Crippen molar-refractivity contribution in [2.75, 3.05) is 31.5 Å². The molecule has 1 N–H and O–H groups in total. The Morgan fingerprint density at radius 2 is 1.69 bits per heavy atom. The maximum Gasteiger partial charge on any atom is 0.227 e. The molecule has 1 aliphatic rings. The molecule has 1 amide bonds. The van der Waals surface area contributed by atoms with Crippen molar-refractivity contribution < 1.29 is 13.2 Å². The lowest BCUT2D eigenvalue weighted by Gasteiger charge is -2.30. The zero-order valence-electron chi connectivity index (χ0n) is 19.4. The number of nitrogens with one attached hydrogen (secondary N) is 1. The molecule has 0 aliphatic carbocycles. The Hall–Kier alpha value is -2.22. The average Bonchev–Trinajstić information content (AvgIpc) is 2.78. The number of hydrogen-bond donors (Lipinski definition) is 1. The molecule has 0 spiro atoms. The van der Waals surface area contributed by atoms with E-state index in [9.17, 15) is 13.2 Å². The highest BCUT2D eigenvalue weighted by Crippen LogP contribution is 2.23. The predicted octanol–water partition coefficient (Wildman–Crippen LogP) is 4.02. The third-order valence-corrected chi connectivity index (χ3v) is 8.02. The summed E-state index contributed by atoms with van der Waals surface area (Å²) in [5, 5.41) is 3.00. The molecule has 2 aromatic carbocycles. The normalized spacial score (nSPS) is 15.8. The van der Waals surface area contributed by atoms with E-state index in [4.69, 9.17) is 0 Å². The van der Waals surface area contributed by atoms with Gasteiger partial charge in [-0.3, -0.25) is 9.69 Å². The maximum absolute atomic E-state index is 12.8. The maximum atomic E-state index is 12.8. The summed E-state index contributed by atoms with van der Waals surface area (Å²) in [6.07, 6.45) is 1.08. The fraction of sp³-hybridized carbons (Fsp3) is 0.480. The van der Waals surface area contributed by atoms with Crippen molar-refractivity contribution in [2.45, 2.75) is 45.9 Å². The van der Waals surface area contributed by atoms with Gasteiger partial charge in [0.1, 0.15) is 0 Å². The van der Waals surface area contributed by atoms with E-state index in [0.29, 0.717) is 25.9 Å². The molecular formula is C25H35N3O3S. The molecule has 174 valence electrons. The first kappa shape index (κ1) is 24.4. The van der Waals surface area contributed by atoms with E-state index >= 15 is 0 Å². The molecule has 0 radical (unpaired) electrons. The Labute approximate surface area is 192 Å². The minimum absolute atomic E-state index is 0.00534. The van der Waals surface area contributed by atoms with Gasteiger partial charge < -0.3 is 5.32 Å². The summed E-state index contributed by atoms with van der Waals surface area (Å²) in [5.41, 5.74) is 3.86. The zero-order chi connectivity index (χ0) is 23.1. The molecule has 3 rings (SSSR count). The molecular weight excluding hydrogens is 422 g/mol. The number of rotatable bonds is 9. The second-order valence-corrected chi connectivity index (χ2v) is 10.5. The van der Waals surface area contributed by atoms with Gasteiger partial charge in [-0.15, -0.1) is 0 Å². The standard InChI is InChI=1S/C25H35N3O3S/c1-4-27(5-2)18-21-9-11-24(12-10-21)26-25(29)23-13-15-28(16-14-23)32(30,31)19-22-8-6-7-20(3)17-22/h6-12,17,23H,4-5,13-16,18-19H2,1-3H3,(H,26,29). The van der Waals surface area contributed by atoms with Crippen LogP contribution in [0.2, 0.25) is 0 Å². The Balaban J connectivity index is 1.51. The lowest BCUT2D eigenvalue weighted by atomic mass is 9.97. The van der Waals surface area contributed by atoms with Crippen molar-refractivity contribution >= 4 is 21.6 Å². The van der Waals surface area contributed by atoms with Crippen molar-refractivity contribution in [3.8, 4) is 0 Å². The van der Waals surface area contributed by atoms with E-state index in [1.807, 2.05) is 43.3 Å². The van der Waals surface area contributed by atoms with Crippen LogP contribution >= 0.6 is 0 Å². The molecule has 1 aliphatic heterocycles. The second-order valence-electron chi connectivity index (χ2n) is 8.57. The van der Waals surface area contributed by atoms with Crippen LogP contribution in [0.1, 0.15) is 43.4 Å². The van der Waals surface area contributed by atoms with Gasteiger partial charge in [-0.25, -0.2) is 12.7 Å². The number of anilines is 1. The van der Waals surface area contributed by atoms with Crippen molar-refractivity contribution in [1.82, 2.24) is 9.21 Å². The SMILES string of the molecule is CCN(CC)Cc1ccc(NC(=O)C2CCN(S(=O)(=O)Cc3cccc(C)c3)CC2)cc1. The summed E-state index contributed by atoms with van der Waals surface area (Å²) >= 11 is 0. The number of sulfonamides is 1. The van der Waals surface area contributed by atoms with Crippen molar-refractivity contribution in [3.63, 3.8) is 0 Å². The molecule has 32 heavy (non-hydrogen) atoms. The van der Waals surface area contributed by atoms with Crippen LogP contribution in [0.4, 0.5) is 5.69 Å². The number of benzene rings is 2. The lowest BCUT2D eigenvalue weighted by molar-refractivity contribution is -0.120. The number of amides is 1. The topological polar surface area (TPSA) is 69.7 Å². The molecule has 1 heterocycles. The van der Waals surface area contributed by atoms with Crippen LogP contribution in [-0.4, -0.2) is 49.7 Å². The van der Waals surface area contributed by atoms with Crippen molar-refractivity contribution in [3.05, 3.63) is 65.2 Å². The van der Waals surface area contributed by atoms with Crippen molar-refractivity contribution in [2.24, 2.45) is 5.92 Å². The average molecular weight is 458 g/mol. The molecule has 1 saturated heterocycles. The number of carbonyl (C=O) groups excluding carboxylic acids is 1. The van der Waals surface area contributed by atoms with Gasteiger partial charge >= 0.3 is 0 Å². The number of piperidine rings is 1. The summed E-state index contributed by atoms with van der Waals surface area (Å²) in [5.74, 6) is -0.196. The van der Waals surface area contributed by atoms with E-state index in [0.717, 1.165) is 36.4 Å².